The first-order valence-electron chi connectivity index (χ1n) is 45.4. The fraction of sp³-hybridized carbons (Fsp3) is 0.966. The van der Waals surface area contributed by atoms with Crippen LogP contribution in [0.1, 0.15) is 412 Å². The van der Waals surface area contributed by atoms with Gasteiger partial charge in [-0.25, -0.2) is 0 Å². The van der Waals surface area contributed by atoms with E-state index in [4.69, 9.17) is 28.4 Å². The average molecular weight is 1530 g/mol. The van der Waals surface area contributed by atoms with E-state index in [0.717, 1.165) is 44.9 Å². The number of ether oxygens (including phenoxy) is 6. The Bertz CT molecular complexity index is 1970. The van der Waals surface area contributed by atoms with E-state index < -0.39 is 124 Å². The molecule has 19 nitrogen and oxygen atoms in total. The smallest absolute Gasteiger partial charge is 0.220 e. The van der Waals surface area contributed by atoms with E-state index in [-0.39, 0.29) is 18.9 Å². The summed E-state index contributed by atoms with van der Waals surface area (Å²) in [4.78, 5) is 13.5. The molecule has 3 aliphatic rings. The molecule has 3 saturated heterocycles. The molecule has 0 bridgehead atoms. The molecule has 634 valence electrons. The zero-order valence-electron chi connectivity index (χ0n) is 68.4. The SMILES string of the molecule is CCCCCCCCCCCCCCCCCCCCCCCCCCCCCCCCC/C=C/C(O)C(COC1OC(CO)C(OC2OC(CO)C(OC3OC(CO)C(O)C(O)C3O)C(O)C2O)C(O)C1O)NC(=O)CCCCCCCCCCCCCCCCCCCCCCCCCCCCCCC. The number of aliphatic hydroxyl groups is 11. The first-order chi connectivity index (χ1) is 52.3. The molecule has 17 atom stereocenters. The Morgan fingerprint density at radius 1 is 0.327 bits per heavy atom. The van der Waals surface area contributed by atoms with Gasteiger partial charge in [0.25, 0.3) is 0 Å². The fourth-order valence-electron chi connectivity index (χ4n) is 15.8. The molecule has 0 aliphatic carbocycles. The molecule has 0 saturated carbocycles. The summed E-state index contributed by atoms with van der Waals surface area (Å²) >= 11 is 0. The summed E-state index contributed by atoms with van der Waals surface area (Å²) in [5, 5.41) is 121. The molecule has 0 spiro atoms. The van der Waals surface area contributed by atoms with Crippen LogP contribution in [0.25, 0.3) is 0 Å². The summed E-state index contributed by atoms with van der Waals surface area (Å²) < 4.78 is 34.5. The van der Waals surface area contributed by atoms with Crippen molar-refractivity contribution in [3.8, 4) is 0 Å². The maximum Gasteiger partial charge on any atom is 0.220 e. The number of unbranched alkanes of at least 4 members (excludes halogenated alkanes) is 59. The maximum atomic E-state index is 13.5. The summed E-state index contributed by atoms with van der Waals surface area (Å²) in [5.41, 5.74) is 0. The number of carbonyl (C=O) groups is 1. The number of aliphatic hydroxyl groups excluding tert-OH is 11. The minimum Gasteiger partial charge on any atom is -0.394 e. The third kappa shape index (κ3) is 47.9. The van der Waals surface area contributed by atoms with Crippen LogP contribution in [0.3, 0.4) is 0 Å². The van der Waals surface area contributed by atoms with Crippen molar-refractivity contribution in [2.24, 2.45) is 0 Å². The Labute approximate surface area is 652 Å². The Balaban J connectivity index is 1.33. The lowest BCUT2D eigenvalue weighted by Crippen LogP contribution is -2.66. The minimum absolute atomic E-state index is 0.251. The van der Waals surface area contributed by atoms with Gasteiger partial charge in [-0.2, -0.15) is 0 Å². The highest BCUT2D eigenvalue weighted by molar-refractivity contribution is 5.76. The van der Waals surface area contributed by atoms with E-state index in [2.05, 4.69) is 19.2 Å². The lowest BCUT2D eigenvalue weighted by atomic mass is 9.96. The lowest BCUT2D eigenvalue weighted by Gasteiger charge is -2.48. The van der Waals surface area contributed by atoms with Crippen molar-refractivity contribution in [3.05, 3.63) is 12.2 Å². The average Bonchev–Trinajstić information content (AvgIpc) is 0.782. The molecule has 0 aromatic heterocycles. The predicted octanol–water partition coefficient (Wildman–Crippen LogP) is 17.1. The Morgan fingerprint density at radius 2 is 0.579 bits per heavy atom. The zero-order chi connectivity index (χ0) is 77.4. The predicted molar refractivity (Wildman–Crippen MR) is 430 cm³/mol. The summed E-state index contributed by atoms with van der Waals surface area (Å²) in [6.45, 7) is 1.82. The second kappa shape index (κ2) is 68.9. The molecule has 0 aromatic rings. The zero-order valence-corrected chi connectivity index (χ0v) is 68.4. The van der Waals surface area contributed by atoms with Gasteiger partial charge in [-0.15, -0.1) is 0 Å². The van der Waals surface area contributed by atoms with Gasteiger partial charge < -0.3 is 89.9 Å². The van der Waals surface area contributed by atoms with Crippen molar-refractivity contribution in [1.82, 2.24) is 5.32 Å². The number of rotatable bonds is 75. The Kier molecular flexibility index (Phi) is 64.2. The highest BCUT2D eigenvalue weighted by Gasteiger charge is 2.54. The number of carbonyl (C=O) groups excluding carboxylic acids is 1. The lowest BCUT2D eigenvalue weighted by molar-refractivity contribution is -0.379. The maximum absolute atomic E-state index is 13.5. The number of hydrogen-bond acceptors (Lipinski definition) is 18. The molecule has 3 aliphatic heterocycles. The highest BCUT2D eigenvalue weighted by atomic mass is 16.8. The van der Waals surface area contributed by atoms with Crippen LogP contribution in [0.4, 0.5) is 0 Å². The second-order valence-electron chi connectivity index (χ2n) is 32.8. The van der Waals surface area contributed by atoms with Crippen LogP contribution in [0.2, 0.25) is 0 Å². The molecule has 3 rings (SSSR count). The quantitative estimate of drug-likeness (QED) is 0.0199. The van der Waals surface area contributed by atoms with Gasteiger partial charge in [0.2, 0.25) is 5.91 Å². The van der Waals surface area contributed by atoms with Crippen molar-refractivity contribution < 1.29 is 89.4 Å². The second-order valence-corrected chi connectivity index (χ2v) is 32.8. The van der Waals surface area contributed by atoms with Gasteiger partial charge in [-0.1, -0.05) is 398 Å². The van der Waals surface area contributed by atoms with Gasteiger partial charge >= 0.3 is 0 Å². The molecule has 0 aromatic carbocycles. The molecule has 0 radical (unpaired) electrons. The molecule has 19 heteroatoms. The number of hydrogen-bond donors (Lipinski definition) is 12. The van der Waals surface area contributed by atoms with Crippen LogP contribution >= 0.6 is 0 Å². The van der Waals surface area contributed by atoms with E-state index in [1.54, 1.807) is 6.08 Å². The largest absolute Gasteiger partial charge is 0.394 e. The number of allylic oxidation sites excluding steroid dienone is 1. The molecule has 3 fully saturated rings. The van der Waals surface area contributed by atoms with Gasteiger partial charge in [0.15, 0.2) is 18.9 Å². The molecule has 12 N–H and O–H groups in total. The summed E-state index contributed by atoms with van der Waals surface area (Å²) in [7, 11) is 0. The number of amides is 1. The topological polar surface area (TPSA) is 307 Å². The fourth-order valence-corrected chi connectivity index (χ4v) is 15.8. The van der Waals surface area contributed by atoms with E-state index in [0.29, 0.717) is 6.42 Å². The molecule has 17 unspecified atom stereocenters. The summed E-state index contributed by atoms with van der Waals surface area (Å²) in [5.74, 6) is -0.265. The highest BCUT2D eigenvalue weighted by Crippen LogP contribution is 2.34. The normalized spacial score (nSPS) is 25.5. The van der Waals surface area contributed by atoms with Crippen LogP contribution in [0.15, 0.2) is 12.2 Å². The van der Waals surface area contributed by atoms with Gasteiger partial charge in [0, 0.05) is 6.42 Å². The minimum atomic E-state index is -1.98. The van der Waals surface area contributed by atoms with Crippen LogP contribution in [0, 0.1) is 0 Å². The van der Waals surface area contributed by atoms with Crippen LogP contribution in [-0.4, -0.2) is 193 Å². The van der Waals surface area contributed by atoms with Crippen molar-refractivity contribution in [2.45, 2.75) is 516 Å². The summed E-state index contributed by atoms with van der Waals surface area (Å²) in [6, 6.07) is -0.971. The van der Waals surface area contributed by atoms with Crippen LogP contribution < -0.4 is 5.32 Å². The molecule has 1 amide bonds. The standard InChI is InChI=1S/C88H169NO18/c1-3-5-7-9-11-13-15-17-19-21-23-25-27-29-31-33-34-35-36-38-39-41-43-45-47-49-51-53-55-57-59-61-63-65-72(93)71(89-76(94)66-64-62-60-58-56-54-52-50-48-46-44-42-40-37-32-30-28-26-24-22-20-18-16-14-12-10-8-6-4-2)70-102-86-82(100)79(97)84(74(68-91)104-86)107-88-83(101)80(98)85(75(69-92)105-88)106-87-81(99)78(96)77(95)73(67-90)103-87/h63,65,71-75,77-88,90-93,95-101H,3-62,64,66-70H2,1-2H3,(H,89,94)/b65-63+. The van der Waals surface area contributed by atoms with Crippen molar-refractivity contribution >= 4 is 5.91 Å². The van der Waals surface area contributed by atoms with Gasteiger partial charge in [0.05, 0.1) is 38.6 Å². The van der Waals surface area contributed by atoms with Crippen molar-refractivity contribution in [1.29, 1.82) is 0 Å². The Hall–Kier alpha value is -1.47. The molecular weight excluding hydrogens is 1360 g/mol. The Morgan fingerprint density at radius 3 is 0.879 bits per heavy atom. The van der Waals surface area contributed by atoms with Gasteiger partial charge in [0.1, 0.15) is 73.2 Å². The first-order valence-corrected chi connectivity index (χ1v) is 45.4. The first kappa shape index (κ1) is 99.7. The van der Waals surface area contributed by atoms with Gasteiger partial charge in [-0.05, 0) is 19.3 Å². The summed E-state index contributed by atoms with van der Waals surface area (Å²) in [6.07, 6.45) is 58.0. The van der Waals surface area contributed by atoms with E-state index in [9.17, 15) is 61.0 Å². The molecular formula is C88H169NO18. The van der Waals surface area contributed by atoms with Crippen LogP contribution in [-0.2, 0) is 33.2 Å². The monoisotopic (exact) mass is 1530 g/mol. The van der Waals surface area contributed by atoms with Gasteiger partial charge in [-0.3, -0.25) is 4.79 Å². The molecule has 3 heterocycles. The van der Waals surface area contributed by atoms with E-state index >= 15 is 0 Å². The van der Waals surface area contributed by atoms with E-state index in [1.807, 2.05) is 6.08 Å². The van der Waals surface area contributed by atoms with Crippen molar-refractivity contribution in [2.75, 3.05) is 26.4 Å². The van der Waals surface area contributed by atoms with Crippen LogP contribution in [0.5, 0.6) is 0 Å². The molecule has 107 heavy (non-hydrogen) atoms. The number of nitrogens with one attached hydrogen (secondary N) is 1. The van der Waals surface area contributed by atoms with Crippen molar-refractivity contribution in [3.63, 3.8) is 0 Å². The third-order valence-corrected chi connectivity index (χ3v) is 23.1. The third-order valence-electron chi connectivity index (χ3n) is 23.1. The van der Waals surface area contributed by atoms with E-state index in [1.165, 1.54) is 340 Å².